The van der Waals surface area contributed by atoms with E-state index in [1.165, 1.54) is 0 Å². The SMILES string of the molecule is CC1CCN([C@H]2[C@H](O)[C@H](CO)O[C@@H]2CNC(=O)Nc2cccc(Cl)c2)CC1. The highest BCUT2D eigenvalue weighted by atomic mass is 35.5. The first-order chi connectivity index (χ1) is 13.0. The smallest absolute Gasteiger partial charge is 0.319 e. The number of carbonyl (C=O) groups excluding carboxylic acids is 1. The van der Waals surface area contributed by atoms with Crippen molar-refractivity contribution < 1.29 is 19.7 Å². The van der Waals surface area contributed by atoms with Crippen LogP contribution in [0.15, 0.2) is 24.3 Å². The highest BCUT2D eigenvalue weighted by Gasteiger charge is 2.46. The minimum Gasteiger partial charge on any atom is -0.394 e. The van der Waals surface area contributed by atoms with Crippen LogP contribution in [0.2, 0.25) is 5.02 Å². The van der Waals surface area contributed by atoms with Gasteiger partial charge in [0, 0.05) is 17.3 Å². The van der Waals surface area contributed by atoms with Gasteiger partial charge in [-0.1, -0.05) is 24.6 Å². The molecule has 0 aromatic heterocycles. The molecule has 0 unspecified atom stereocenters. The number of benzene rings is 1. The van der Waals surface area contributed by atoms with Crippen LogP contribution < -0.4 is 10.6 Å². The third-order valence-electron chi connectivity index (χ3n) is 5.43. The van der Waals surface area contributed by atoms with E-state index < -0.39 is 12.2 Å². The number of likely N-dealkylation sites (tertiary alicyclic amines) is 1. The average molecular weight is 398 g/mol. The van der Waals surface area contributed by atoms with E-state index >= 15 is 0 Å². The van der Waals surface area contributed by atoms with Crippen LogP contribution in [0.3, 0.4) is 0 Å². The van der Waals surface area contributed by atoms with Gasteiger partial charge in [0.2, 0.25) is 0 Å². The number of hydrogen-bond acceptors (Lipinski definition) is 5. The molecule has 0 saturated carbocycles. The van der Waals surface area contributed by atoms with E-state index in [0.29, 0.717) is 16.6 Å². The number of anilines is 1. The van der Waals surface area contributed by atoms with E-state index in [0.717, 1.165) is 25.9 Å². The molecule has 150 valence electrons. The second kappa shape index (κ2) is 9.21. The standard InChI is InChI=1S/C19H28ClN3O4/c1-12-5-7-23(8-6-12)17-15(27-16(11-24)18(17)25)10-21-19(26)22-14-4-2-3-13(20)9-14/h2-4,9,12,15-18,24-25H,5-8,10-11H2,1H3,(H2,21,22,26)/t15-,16+,17-,18-/m1/s1. The topological polar surface area (TPSA) is 94.1 Å². The summed E-state index contributed by atoms with van der Waals surface area (Å²) in [5.74, 6) is 0.675. The number of urea groups is 1. The average Bonchev–Trinajstić information content (AvgIpc) is 2.96. The molecule has 2 saturated heterocycles. The van der Waals surface area contributed by atoms with Crippen molar-refractivity contribution in [3.8, 4) is 0 Å². The number of piperidine rings is 1. The molecule has 3 rings (SSSR count). The number of aliphatic hydroxyl groups is 2. The van der Waals surface area contributed by atoms with Crippen LogP contribution in [-0.2, 0) is 4.74 Å². The van der Waals surface area contributed by atoms with Gasteiger partial charge in [0.1, 0.15) is 12.2 Å². The fourth-order valence-corrected chi connectivity index (χ4v) is 4.05. The van der Waals surface area contributed by atoms with Crippen LogP contribution >= 0.6 is 11.6 Å². The van der Waals surface area contributed by atoms with E-state index in [1.54, 1.807) is 24.3 Å². The summed E-state index contributed by atoms with van der Waals surface area (Å²) in [7, 11) is 0. The molecular formula is C19H28ClN3O4. The minimum absolute atomic E-state index is 0.235. The summed E-state index contributed by atoms with van der Waals surface area (Å²) in [6, 6.07) is 6.30. The highest BCUT2D eigenvalue weighted by Crippen LogP contribution is 2.29. The number of ether oxygens (including phenoxy) is 1. The molecule has 0 bridgehead atoms. The van der Waals surface area contributed by atoms with Crippen LogP contribution in [0.1, 0.15) is 19.8 Å². The molecule has 27 heavy (non-hydrogen) atoms. The van der Waals surface area contributed by atoms with Crippen LogP contribution in [0.4, 0.5) is 10.5 Å². The number of rotatable bonds is 5. The number of nitrogens with one attached hydrogen (secondary N) is 2. The molecule has 2 heterocycles. The van der Waals surface area contributed by atoms with Crippen LogP contribution in [0.25, 0.3) is 0 Å². The Kier molecular flexibility index (Phi) is 6.94. The van der Waals surface area contributed by atoms with Crippen LogP contribution in [0, 0.1) is 5.92 Å². The lowest BCUT2D eigenvalue weighted by Gasteiger charge is -2.38. The minimum atomic E-state index is -0.772. The summed E-state index contributed by atoms with van der Waals surface area (Å²) in [5.41, 5.74) is 0.599. The zero-order valence-electron chi connectivity index (χ0n) is 15.5. The molecule has 7 nitrogen and oxygen atoms in total. The van der Waals surface area contributed by atoms with Crippen molar-refractivity contribution in [1.82, 2.24) is 10.2 Å². The number of hydrogen-bond donors (Lipinski definition) is 4. The van der Waals surface area contributed by atoms with E-state index in [2.05, 4.69) is 22.5 Å². The van der Waals surface area contributed by atoms with Gasteiger partial charge in [-0.05, 0) is 50.0 Å². The normalized spacial score (nSPS) is 29.6. The zero-order chi connectivity index (χ0) is 19.4. The third-order valence-corrected chi connectivity index (χ3v) is 5.66. The predicted octanol–water partition coefficient (Wildman–Crippen LogP) is 1.68. The van der Waals surface area contributed by atoms with E-state index in [4.69, 9.17) is 16.3 Å². The van der Waals surface area contributed by atoms with Crippen molar-refractivity contribution in [1.29, 1.82) is 0 Å². The molecule has 4 N–H and O–H groups in total. The summed E-state index contributed by atoms with van der Waals surface area (Å²) < 4.78 is 5.83. The third kappa shape index (κ3) is 5.12. The van der Waals surface area contributed by atoms with E-state index in [-0.39, 0.29) is 31.3 Å². The summed E-state index contributed by atoms with van der Waals surface area (Å²) >= 11 is 5.92. The van der Waals surface area contributed by atoms with Gasteiger partial charge in [-0.15, -0.1) is 0 Å². The summed E-state index contributed by atoms with van der Waals surface area (Å²) in [6.07, 6.45) is 0.365. The van der Waals surface area contributed by atoms with Gasteiger partial charge in [-0.2, -0.15) is 0 Å². The van der Waals surface area contributed by atoms with Gasteiger partial charge in [-0.25, -0.2) is 4.79 Å². The summed E-state index contributed by atoms with van der Waals surface area (Å²) in [4.78, 5) is 14.4. The number of aliphatic hydroxyl groups excluding tert-OH is 2. The van der Waals surface area contributed by atoms with Gasteiger partial charge in [0.15, 0.2) is 0 Å². The molecule has 8 heteroatoms. The second-order valence-corrected chi connectivity index (χ2v) is 7.88. The number of halogens is 1. The molecule has 2 fully saturated rings. The Balaban J connectivity index is 1.58. The Morgan fingerprint density at radius 1 is 1.33 bits per heavy atom. The van der Waals surface area contributed by atoms with Crippen molar-refractivity contribution in [3.63, 3.8) is 0 Å². The van der Waals surface area contributed by atoms with E-state index in [1.807, 2.05) is 0 Å². The fourth-order valence-electron chi connectivity index (χ4n) is 3.86. The molecule has 0 radical (unpaired) electrons. The van der Waals surface area contributed by atoms with Gasteiger partial charge >= 0.3 is 6.03 Å². The molecule has 4 atom stereocenters. The first kappa shape index (κ1) is 20.4. The van der Waals surface area contributed by atoms with Gasteiger partial charge in [0.05, 0.1) is 18.8 Å². The lowest BCUT2D eigenvalue weighted by molar-refractivity contribution is -0.0205. The van der Waals surface area contributed by atoms with Crippen molar-refractivity contribution in [2.75, 3.05) is 31.6 Å². The van der Waals surface area contributed by atoms with Crippen molar-refractivity contribution in [2.45, 2.75) is 44.1 Å². The molecule has 2 aliphatic heterocycles. The van der Waals surface area contributed by atoms with Crippen molar-refractivity contribution >= 4 is 23.3 Å². The molecular weight excluding hydrogens is 370 g/mol. The maximum atomic E-state index is 12.2. The summed E-state index contributed by atoms with van der Waals surface area (Å²) in [6.45, 7) is 4.00. The monoisotopic (exact) mass is 397 g/mol. The van der Waals surface area contributed by atoms with Crippen LogP contribution in [-0.4, -0.2) is 71.7 Å². The molecule has 1 aromatic carbocycles. The zero-order valence-corrected chi connectivity index (χ0v) is 16.2. The van der Waals surface area contributed by atoms with Gasteiger partial charge in [0.25, 0.3) is 0 Å². The Labute approximate surface area is 164 Å². The molecule has 0 spiro atoms. The van der Waals surface area contributed by atoms with Gasteiger partial charge < -0.3 is 25.6 Å². The second-order valence-electron chi connectivity index (χ2n) is 7.44. The Morgan fingerprint density at radius 3 is 2.74 bits per heavy atom. The quantitative estimate of drug-likeness (QED) is 0.606. The lowest BCUT2D eigenvalue weighted by Crippen LogP contribution is -2.53. The maximum absolute atomic E-state index is 12.2. The molecule has 2 aliphatic rings. The number of carbonyl (C=O) groups is 1. The predicted molar refractivity (Wildman–Crippen MR) is 104 cm³/mol. The largest absolute Gasteiger partial charge is 0.394 e. The fraction of sp³-hybridized carbons (Fsp3) is 0.632. The van der Waals surface area contributed by atoms with Crippen molar-refractivity contribution in [3.05, 3.63) is 29.3 Å². The molecule has 0 aliphatic carbocycles. The Bertz CT molecular complexity index is 639. The Morgan fingerprint density at radius 2 is 2.07 bits per heavy atom. The Hall–Kier alpha value is -1.38. The number of amides is 2. The highest BCUT2D eigenvalue weighted by molar-refractivity contribution is 6.30. The van der Waals surface area contributed by atoms with E-state index in [9.17, 15) is 15.0 Å². The van der Waals surface area contributed by atoms with Crippen LogP contribution in [0.5, 0.6) is 0 Å². The first-order valence-electron chi connectivity index (χ1n) is 9.46. The number of nitrogens with zero attached hydrogens (tertiary/aromatic N) is 1. The molecule has 2 amide bonds. The van der Waals surface area contributed by atoms with Gasteiger partial charge in [-0.3, -0.25) is 4.90 Å². The lowest BCUT2D eigenvalue weighted by atomic mass is 9.94. The first-order valence-corrected chi connectivity index (χ1v) is 9.84. The maximum Gasteiger partial charge on any atom is 0.319 e. The molecule has 1 aromatic rings. The summed E-state index contributed by atoms with van der Waals surface area (Å²) in [5, 5.41) is 26.2. The van der Waals surface area contributed by atoms with Crippen molar-refractivity contribution in [2.24, 2.45) is 5.92 Å².